The number of alkyl halides is 3. The molecule has 0 fully saturated rings. The highest BCUT2D eigenvalue weighted by molar-refractivity contribution is 6.12. The second-order valence-electron chi connectivity index (χ2n) is 16.7. The van der Waals surface area contributed by atoms with Crippen LogP contribution in [0.4, 0.5) is 22.0 Å². The van der Waals surface area contributed by atoms with Crippen LogP contribution in [-0.4, -0.2) is 19.1 Å². The van der Waals surface area contributed by atoms with Gasteiger partial charge in [0.15, 0.2) is 0 Å². The minimum absolute atomic E-state index is 0.0624. The Hall–Kier alpha value is -8.69. The van der Waals surface area contributed by atoms with E-state index in [2.05, 4.69) is 0 Å². The number of para-hydroxylation sites is 2. The molecular formula is C59H35F5N4. The molecule has 0 aliphatic heterocycles. The maximum absolute atomic E-state index is 16.5. The lowest BCUT2D eigenvalue weighted by Crippen LogP contribution is -2.16. The van der Waals surface area contributed by atoms with Gasteiger partial charge in [-0.3, -0.25) is 0 Å². The molecule has 4 aromatic heterocycles. The second kappa shape index (κ2) is 16.0. The standard InChI is InChI=1S/C59H35F5N4/c60-45-20-11-21-46(61)57(45)40-34-55(67-51-26-9-7-18-41(51)43-32-38(28-30-53(43)67)49-24-12-22-47(65-49)36-14-3-1-4-15-36)58(59(62,63)64)56(35-40)68-52-27-10-8-19-42(52)44-33-39(29-31-54(44)68)50-25-13-23-48(66-50)37-16-5-2-6-17-37/h1-35H. The SMILES string of the molecule is Fc1cccc(F)c1-c1cc(-n2c3ccccc3c3cc(-c4cccc(-c5ccccc5)n4)ccc32)c(C(F)(F)F)c(-n2c3ccccc3c3cc(-c4cccc(-c5ccccc5)n4)ccc32)c1. The Morgan fingerprint density at radius 2 is 0.706 bits per heavy atom. The smallest absolute Gasteiger partial charge is 0.309 e. The summed E-state index contributed by atoms with van der Waals surface area (Å²) in [5.41, 5.74) is 6.18. The van der Waals surface area contributed by atoms with Crippen molar-refractivity contribution >= 4 is 43.6 Å². The topological polar surface area (TPSA) is 35.6 Å². The van der Waals surface area contributed by atoms with Crippen LogP contribution in [0, 0.1) is 11.6 Å². The second-order valence-corrected chi connectivity index (χ2v) is 16.7. The molecule has 0 spiro atoms. The van der Waals surface area contributed by atoms with Gasteiger partial charge in [0.1, 0.15) is 17.2 Å². The van der Waals surface area contributed by atoms with Crippen molar-refractivity contribution in [2.75, 3.05) is 0 Å². The van der Waals surface area contributed by atoms with Gasteiger partial charge in [0.25, 0.3) is 0 Å². The fraction of sp³-hybridized carbons (Fsp3) is 0.0169. The number of benzene rings is 8. The third-order valence-corrected chi connectivity index (χ3v) is 12.7. The molecule has 9 heteroatoms. The molecule has 8 aromatic carbocycles. The average Bonchev–Trinajstić information content (AvgIpc) is 3.88. The highest BCUT2D eigenvalue weighted by atomic mass is 19.4. The maximum atomic E-state index is 16.5. The van der Waals surface area contributed by atoms with Crippen LogP contribution in [-0.2, 0) is 6.18 Å². The van der Waals surface area contributed by atoms with E-state index in [9.17, 15) is 0 Å². The first-order chi connectivity index (χ1) is 33.2. The predicted molar refractivity (Wildman–Crippen MR) is 263 cm³/mol. The molecule has 0 radical (unpaired) electrons. The van der Waals surface area contributed by atoms with E-state index >= 15 is 22.0 Å². The number of aromatic nitrogens is 4. The predicted octanol–water partition coefficient (Wildman–Crippen LogP) is 16.3. The van der Waals surface area contributed by atoms with Crippen molar-refractivity contribution in [3.8, 4) is 67.5 Å². The van der Waals surface area contributed by atoms with E-state index in [-0.39, 0.29) is 16.9 Å². The number of hydrogen-bond acceptors (Lipinski definition) is 2. The molecule has 0 unspecified atom stereocenters. The zero-order chi connectivity index (χ0) is 46.1. The van der Waals surface area contributed by atoms with Crippen LogP contribution in [0.3, 0.4) is 0 Å². The van der Waals surface area contributed by atoms with Gasteiger partial charge in [0.05, 0.1) is 61.8 Å². The molecule has 0 N–H and O–H groups in total. The van der Waals surface area contributed by atoms with E-state index in [0.29, 0.717) is 55.0 Å². The lowest BCUT2D eigenvalue weighted by atomic mass is 9.98. The van der Waals surface area contributed by atoms with Crippen LogP contribution in [0.25, 0.3) is 111 Å². The Morgan fingerprint density at radius 3 is 1.15 bits per heavy atom. The van der Waals surface area contributed by atoms with Crippen molar-refractivity contribution in [2.24, 2.45) is 0 Å². The Kier molecular flexibility index (Phi) is 9.62. The first-order valence-corrected chi connectivity index (χ1v) is 22.0. The maximum Gasteiger partial charge on any atom is 0.420 e. The third kappa shape index (κ3) is 6.81. The van der Waals surface area contributed by atoms with Crippen molar-refractivity contribution in [1.29, 1.82) is 0 Å². The molecule has 12 rings (SSSR count). The molecule has 0 bridgehead atoms. The first kappa shape index (κ1) is 40.8. The largest absolute Gasteiger partial charge is 0.420 e. The monoisotopic (exact) mass is 894 g/mol. The summed E-state index contributed by atoms with van der Waals surface area (Å²) in [5.74, 6) is -1.81. The molecule has 0 saturated heterocycles. The van der Waals surface area contributed by atoms with Crippen molar-refractivity contribution < 1.29 is 22.0 Å². The van der Waals surface area contributed by atoms with Crippen LogP contribution >= 0.6 is 0 Å². The van der Waals surface area contributed by atoms with Gasteiger partial charge in [-0.1, -0.05) is 127 Å². The number of nitrogens with zero attached hydrogens (tertiary/aromatic N) is 4. The summed E-state index contributed by atoms with van der Waals surface area (Å²) in [6.07, 6.45) is -4.98. The van der Waals surface area contributed by atoms with Crippen LogP contribution in [0.15, 0.2) is 212 Å². The van der Waals surface area contributed by atoms with Crippen LogP contribution < -0.4 is 0 Å². The number of hydrogen-bond donors (Lipinski definition) is 0. The van der Waals surface area contributed by atoms with Crippen molar-refractivity contribution in [3.63, 3.8) is 0 Å². The lowest BCUT2D eigenvalue weighted by Gasteiger charge is -2.23. The van der Waals surface area contributed by atoms with E-state index in [1.807, 2.05) is 146 Å². The van der Waals surface area contributed by atoms with E-state index in [1.54, 1.807) is 45.5 Å². The fourth-order valence-electron chi connectivity index (χ4n) is 9.69. The summed E-state index contributed by atoms with van der Waals surface area (Å²) < 4.78 is 84.7. The molecule has 0 atom stereocenters. The molecule has 326 valence electrons. The molecule has 0 aliphatic rings. The summed E-state index contributed by atoms with van der Waals surface area (Å²) in [6, 6.07) is 62.8. The van der Waals surface area contributed by atoms with Gasteiger partial charge in [-0.15, -0.1) is 0 Å². The third-order valence-electron chi connectivity index (χ3n) is 12.7. The van der Waals surface area contributed by atoms with Crippen molar-refractivity contribution in [1.82, 2.24) is 19.1 Å². The molecule has 0 aliphatic carbocycles. The summed E-state index contributed by atoms with van der Waals surface area (Å²) in [6.45, 7) is 0. The molecule has 4 nitrogen and oxygen atoms in total. The summed E-state index contributed by atoms with van der Waals surface area (Å²) in [4.78, 5) is 9.94. The van der Waals surface area contributed by atoms with Crippen molar-refractivity contribution in [3.05, 3.63) is 230 Å². The van der Waals surface area contributed by atoms with Gasteiger partial charge < -0.3 is 9.13 Å². The van der Waals surface area contributed by atoms with Gasteiger partial charge >= 0.3 is 6.18 Å². The van der Waals surface area contributed by atoms with Gasteiger partial charge in [-0.25, -0.2) is 18.7 Å². The number of fused-ring (bicyclic) bond motifs is 6. The molecular weight excluding hydrogens is 860 g/mol. The minimum Gasteiger partial charge on any atom is -0.309 e. The zero-order valence-corrected chi connectivity index (χ0v) is 35.9. The van der Waals surface area contributed by atoms with Gasteiger partial charge in [0, 0.05) is 43.8 Å². The van der Waals surface area contributed by atoms with E-state index < -0.39 is 28.9 Å². The summed E-state index contributed by atoms with van der Waals surface area (Å²) >= 11 is 0. The quantitative estimate of drug-likeness (QED) is 0.149. The van der Waals surface area contributed by atoms with Crippen LogP contribution in [0.5, 0.6) is 0 Å². The number of pyridine rings is 2. The van der Waals surface area contributed by atoms with Gasteiger partial charge in [-0.05, 0) is 90.5 Å². The molecule has 0 amide bonds. The Balaban J connectivity index is 1.13. The minimum atomic E-state index is -4.98. The van der Waals surface area contributed by atoms with Crippen LogP contribution in [0.1, 0.15) is 5.56 Å². The fourth-order valence-corrected chi connectivity index (χ4v) is 9.69. The number of rotatable bonds is 7. The molecule has 4 heterocycles. The Labute approximate surface area is 386 Å². The lowest BCUT2D eigenvalue weighted by molar-refractivity contribution is -0.137. The molecule has 12 aromatic rings. The van der Waals surface area contributed by atoms with Gasteiger partial charge in [-0.2, -0.15) is 13.2 Å². The van der Waals surface area contributed by atoms with Crippen molar-refractivity contribution in [2.45, 2.75) is 6.18 Å². The van der Waals surface area contributed by atoms with E-state index in [1.165, 1.54) is 18.2 Å². The average molecular weight is 895 g/mol. The Bertz CT molecular complexity index is 3690. The summed E-state index contributed by atoms with van der Waals surface area (Å²) in [7, 11) is 0. The van der Waals surface area contributed by atoms with E-state index in [0.717, 1.165) is 45.8 Å². The molecule has 0 saturated carbocycles. The normalized spacial score (nSPS) is 11.9. The first-order valence-electron chi connectivity index (χ1n) is 22.0. The number of halogens is 5. The van der Waals surface area contributed by atoms with Crippen LogP contribution in [0.2, 0.25) is 0 Å². The zero-order valence-electron chi connectivity index (χ0n) is 35.9. The van der Waals surface area contributed by atoms with Gasteiger partial charge in [0.2, 0.25) is 0 Å². The molecule has 68 heavy (non-hydrogen) atoms. The van der Waals surface area contributed by atoms with E-state index in [4.69, 9.17) is 9.97 Å². The Morgan fingerprint density at radius 1 is 0.324 bits per heavy atom. The summed E-state index contributed by atoms with van der Waals surface area (Å²) in [5, 5.41) is 2.73. The highest BCUT2D eigenvalue weighted by Crippen LogP contribution is 2.47. The highest BCUT2D eigenvalue weighted by Gasteiger charge is 2.40.